The van der Waals surface area contributed by atoms with Crippen molar-refractivity contribution in [2.24, 2.45) is 5.92 Å². The molecule has 22 heavy (non-hydrogen) atoms. The van der Waals surface area contributed by atoms with E-state index in [0.717, 1.165) is 17.0 Å². The number of nitrogens with zero attached hydrogens (tertiary/aromatic N) is 1. The van der Waals surface area contributed by atoms with E-state index in [9.17, 15) is 4.79 Å². The lowest BCUT2D eigenvalue weighted by Gasteiger charge is -2.01. The fourth-order valence-corrected chi connectivity index (χ4v) is 2.35. The van der Waals surface area contributed by atoms with Crippen LogP contribution < -0.4 is 0 Å². The number of benzene rings is 1. The number of Topliss-reactive ketones (excluding diaryl/α,β-unsaturated/α-hetero) is 1. The van der Waals surface area contributed by atoms with E-state index in [1.807, 2.05) is 38.1 Å². The highest BCUT2D eigenvalue weighted by molar-refractivity contribution is 5.80. The van der Waals surface area contributed by atoms with Gasteiger partial charge in [0.2, 0.25) is 5.89 Å². The Morgan fingerprint density at radius 1 is 1.27 bits per heavy atom. The summed E-state index contributed by atoms with van der Waals surface area (Å²) in [6.45, 7) is 4.40. The summed E-state index contributed by atoms with van der Waals surface area (Å²) in [6.07, 6.45) is 3.04. The first kappa shape index (κ1) is 15.0. The van der Waals surface area contributed by atoms with Gasteiger partial charge in [-0.25, -0.2) is 4.98 Å². The third-order valence-electron chi connectivity index (χ3n) is 3.91. The van der Waals surface area contributed by atoms with Gasteiger partial charge in [0.15, 0.2) is 5.78 Å². The Hall–Kier alpha value is -1.94. The maximum absolute atomic E-state index is 11.7. The third kappa shape index (κ3) is 3.83. The van der Waals surface area contributed by atoms with Crippen molar-refractivity contribution in [1.82, 2.24) is 4.98 Å². The highest BCUT2D eigenvalue weighted by Crippen LogP contribution is 2.32. The van der Waals surface area contributed by atoms with Crippen LogP contribution in [0.5, 0.6) is 0 Å². The van der Waals surface area contributed by atoms with Crippen LogP contribution in [0.3, 0.4) is 0 Å². The van der Waals surface area contributed by atoms with Crippen molar-refractivity contribution in [2.45, 2.75) is 39.7 Å². The first-order valence-electron chi connectivity index (χ1n) is 7.74. The third-order valence-corrected chi connectivity index (χ3v) is 3.91. The molecule has 0 amide bonds. The van der Waals surface area contributed by atoms with Crippen molar-refractivity contribution in [3.8, 4) is 11.5 Å². The number of oxazole rings is 1. The largest absolute Gasteiger partial charge is 0.441 e. The average molecular weight is 299 g/mol. The minimum Gasteiger partial charge on any atom is -0.441 e. The molecule has 1 aliphatic rings. The summed E-state index contributed by atoms with van der Waals surface area (Å²) in [4.78, 5) is 16.1. The number of rotatable bonds is 7. The fourth-order valence-electron chi connectivity index (χ4n) is 2.35. The van der Waals surface area contributed by atoms with E-state index < -0.39 is 0 Å². The van der Waals surface area contributed by atoms with Gasteiger partial charge >= 0.3 is 0 Å². The van der Waals surface area contributed by atoms with Gasteiger partial charge in [0, 0.05) is 12.0 Å². The number of carbonyl (C=O) groups excluding carboxylic acids is 1. The summed E-state index contributed by atoms with van der Waals surface area (Å²) in [7, 11) is 0. The predicted molar refractivity (Wildman–Crippen MR) is 83.4 cm³/mol. The second-order valence-corrected chi connectivity index (χ2v) is 6.07. The molecule has 0 atom stereocenters. The molecule has 1 fully saturated rings. The minimum absolute atomic E-state index is 0.169. The zero-order valence-electron chi connectivity index (χ0n) is 13.1. The van der Waals surface area contributed by atoms with Crippen molar-refractivity contribution in [3.05, 3.63) is 41.3 Å². The van der Waals surface area contributed by atoms with Crippen LogP contribution in [0.15, 0.2) is 28.7 Å². The van der Waals surface area contributed by atoms with Crippen molar-refractivity contribution in [2.75, 3.05) is 6.61 Å². The van der Waals surface area contributed by atoms with Crippen LogP contribution in [0.4, 0.5) is 0 Å². The van der Waals surface area contributed by atoms with Gasteiger partial charge in [-0.1, -0.05) is 17.7 Å². The monoisotopic (exact) mass is 299 g/mol. The lowest BCUT2D eigenvalue weighted by molar-refractivity contribution is -0.124. The molecular formula is C18H21NO3. The Balaban J connectivity index is 1.57. The van der Waals surface area contributed by atoms with E-state index in [1.54, 1.807) is 0 Å². The summed E-state index contributed by atoms with van der Waals surface area (Å²) >= 11 is 0. The van der Waals surface area contributed by atoms with Gasteiger partial charge < -0.3 is 9.15 Å². The number of aryl methyl sites for hydroxylation is 2. The molecule has 4 nitrogen and oxygen atoms in total. The smallest absolute Gasteiger partial charge is 0.226 e. The minimum atomic E-state index is 0.169. The van der Waals surface area contributed by atoms with Crippen LogP contribution in [0.25, 0.3) is 11.5 Å². The molecule has 1 heterocycles. The molecule has 0 N–H and O–H groups in total. The average Bonchev–Trinajstić information content (AvgIpc) is 3.22. The van der Waals surface area contributed by atoms with Crippen LogP contribution in [-0.2, 0) is 16.1 Å². The standard InChI is InChI=1S/C18H21NO3/c1-12-3-7-15(8-4-12)18-19-17(13(2)22-18)11-21-10-16(20)9-14-5-6-14/h3-4,7-8,14H,5-6,9-11H2,1-2H3. The molecule has 0 radical (unpaired) electrons. The van der Waals surface area contributed by atoms with Crippen LogP contribution in [0.2, 0.25) is 0 Å². The molecule has 1 aromatic heterocycles. The molecular weight excluding hydrogens is 278 g/mol. The van der Waals surface area contributed by atoms with Gasteiger partial charge in [-0.05, 0) is 44.7 Å². The maximum atomic E-state index is 11.7. The van der Waals surface area contributed by atoms with Gasteiger partial charge in [0.25, 0.3) is 0 Å². The second-order valence-electron chi connectivity index (χ2n) is 6.07. The van der Waals surface area contributed by atoms with Gasteiger partial charge in [-0.3, -0.25) is 4.79 Å². The number of carbonyl (C=O) groups is 1. The fraction of sp³-hybridized carbons (Fsp3) is 0.444. The SMILES string of the molecule is Cc1ccc(-c2nc(COCC(=O)CC3CC3)c(C)o2)cc1. The van der Waals surface area contributed by atoms with Gasteiger partial charge in [0.1, 0.15) is 18.1 Å². The lowest BCUT2D eigenvalue weighted by Crippen LogP contribution is -2.09. The number of aromatic nitrogens is 1. The highest BCUT2D eigenvalue weighted by atomic mass is 16.5. The molecule has 0 bridgehead atoms. The molecule has 1 saturated carbocycles. The van der Waals surface area contributed by atoms with Gasteiger partial charge in [0.05, 0.1) is 6.61 Å². The van der Waals surface area contributed by atoms with Gasteiger partial charge in [-0.15, -0.1) is 0 Å². The van der Waals surface area contributed by atoms with E-state index in [-0.39, 0.29) is 12.4 Å². The van der Waals surface area contributed by atoms with Crippen molar-refractivity contribution < 1.29 is 13.9 Å². The Kier molecular flexibility index (Phi) is 4.39. The molecule has 1 aliphatic carbocycles. The predicted octanol–water partition coefficient (Wildman–Crippen LogP) is 3.84. The number of hydrogen-bond donors (Lipinski definition) is 0. The molecule has 1 aromatic carbocycles. The Morgan fingerprint density at radius 2 is 2.00 bits per heavy atom. The van der Waals surface area contributed by atoms with E-state index in [4.69, 9.17) is 9.15 Å². The normalized spacial score (nSPS) is 14.3. The quantitative estimate of drug-likeness (QED) is 0.779. The molecule has 0 aliphatic heterocycles. The van der Waals surface area contributed by atoms with Crippen molar-refractivity contribution in [3.63, 3.8) is 0 Å². The second kappa shape index (κ2) is 6.44. The van der Waals surface area contributed by atoms with Crippen LogP contribution in [0, 0.1) is 19.8 Å². The number of ether oxygens (including phenoxy) is 1. The molecule has 0 spiro atoms. The van der Waals surface area contributed by atoms with E-state index >= 15 is 0 Å². The summed E-state index contributed by atoms with van der Waals surface area (Å²) in [5.74, 6) is 2.13. The Bertz CT molecular complexity index is 653. The zero-order chi connectivity index (χ0) is 15.5. The molecule has 2 aromatic rings. The molecule has 0 unspecified atom stereocenters. The summed E-state index contributed by atoms with van der Waals surface area (Å²) in [5, 5.41) is 0. The number of ketones is 1. The van der Waals surface area contributed by atoms with Crippen molar-refractivity contribution >= 4 is 5.78 Å². The molecule has 0 saturated heterocycles. The lowest BCUT2D eigenvalue weighted by atomic mass is 10.1. The summed E-state index contributed by atoms with van der Waals surface area (Å²) < 4.78 is 11.2. The first-order valence-corrected chi connectivity index (χ1v) is 7.74. The maximum Gasteiger partial charge on any atom is 0.226 e. The van der Waals surface area contributed by atoms with Crippen LogP contribution in [0.1, 0.15) is 36.3 Å². The van der Waals surface area contributed by atoms with E-state index in [0.29, 0.717) is 24.8 Å². The van der Waals surface area contributed by atoms with Crippen molar-refractivity contribution in [1.29, 1.82) is 0 Å². The van der Waals surface area contributed by atoms with Gasteiger partial charge in [-0.2, -0.15) is 0 Å². The van der Waals surface area contributed by atoms with E-state index in [1.165, 1.54) is 18.4 Å². The summed E-state index contributed by atoms with van der Waals surface area (Å²) in [6, 6.07) is 8.04. The van der Waals surface area contributed by atoms with Crippen LogP contribution >= 0.6 is 0 Å². The summed E-state index contributed by atoms with van der Waals surface area (Å²) in [5.41, 5.74) is 2.91. The first-order chi connectivity index (χ1) is 10.6. The molecule has 116 valence electrons. The molecule has 4 heteroatoms. The Morgan fingerprint density at radius 3 is 2.68 bits per heavy atom. The zero-order valence-corrected chi connectivity index (χ0v) is 13.1. The van der Waals surface area contributed by atoms with E-state index in [2.05, 4.69) is 4.98 Å². The topological polar surface area (TPSA) is 52.3 Å². The van der Waals surface area contributed by atoms with Crippen LogP contribution in [-0.4, -0.2) is 17.4 Å². The highest BCUT2D eigenvalue weighted by Gasteiger charge is 2.24. The number of hydrogen-bond acceptors (Lipinski definition) is 4. The Labute approximate surface area is 130 Å². The molecule has 3 rings (SSSR count).